The fourth-order valence-electron chi connectivity index (χ4n) is 3.99. The van der Waals surface area contributed by atoms with Gasteiger partial charge in [-0.15, -0.1) is 23.4 Å². The lowest BCUT2D eigenvalue weighted by atomic mass is 9.82. The lowest BCUT2D eigenvalue weighted by molar-refractivity contribution is -0.352. The van der Waals surface area contributed by atoms with Crippen LogP contribution in [0.25, 0.3) is 5.57 Å². The second kappa shape index (κ2) is 10.5. The van der Waals surface area contributed by atoms with Crippen molar-refractivity contribution in [3.63, 3.8) is 0 Å². The normalized spacial score (nSPS) is 24.5. The lowest BCUT2D eigenvalue weighted by Gasteiger charge is -2.33. The molecule has 8 nitrogen and oxygen atoms in total. The van der Waals surface area contributed by atoms with Crippen molar-refractivity contribution in [2.24, 2.45) is 0 Å². The van der Waals surface area contributed by atoms with Crippen molar-refractivity contribution in [3.8, 4) is 5.75 Å². The molecule has 1 aromatic heterocycles. The molecule has 1 aliphatic carbocycles. The fourth-order valence-corrected chi connectivity index (χ4v) is 4.11. The van der Waals surface area contributed by atoms with Crippen molar-refractivity contribution in [1.82, 2.24) is 20.8 Å². The summed E-state index contributed by atoms with van der Waals surface area (Å²) in [5.41, 5.74) is 0.573. The number of alkyl halides is 3. The molecule has 1 aromatic carbocycles. The number of benzene rings is 1. The molecule has 4 rings (SSSR count). The minimum Gasteiger partial charge on any atom is -0.484 e. The van der Waals surface area contributed by atoms with E-state index in [1.54, 1.807) is 0 Å². The smallest absolute Gasteiger partial charge is 0.484 e. The van der Waals surface area contributed by atoms with Crippen LogP contribution in [0.5, 0.6) is 5.75 Å². The van der Waals surface area contributed by atoms with Gasteiger partial charge >= 0.3 is 6.36 Å². The van der Waals surface area contributed by atoms with E-state index in [-0.39, 0.29) is 65.9 Å². The van der Waals surface area contributed by atoms with Gasteiger partial charge in [-0.3, -0.25) is 9.53 Å². The Labute approximate surface area is 203 Å². The number of ether oxygens (including phenoxy) is 2. The Hall–Kier alpha value is -2.70. The number of rotatable bonds is 8. The number of aromatic nitrogens is 2. The molecule has 0 radical (unpaired) electrons. The van der Waals surface area contributed by atoms with E-state index < -0.39 is 18.3 Å². The third-order valence-electron chi connectivity index (χ3n) is 5.92. The fraction of sp³-hybridized carbons (Fsp3) is 0.500. The minimum atomic E-state index is -4.66. The maximum atomic E-state index is 13.4. The van der Waals surface area contributed by atoms with Gasteiger partial charge < -0.3 is 19.8 Å². The standard InChI is InChI=1S/C22H23ClF4N4O4/c1-11(20-30-31-21(34-20)12-6-15(7-12)35-22(25,26)27)18-5-2-13(9-28-18)29-19(32)10-33-14-3-4-16(23)17(24)8-14/h3-4,8,12-13,15,18,28H,1-2,5-7,9-10H2,(H,29,32)/t12?,13-,15?,18?/m0/s1. The summed E-state index contributed by atoms with van der Waals surface area (Å²) in [5, 5.41) is 14.0. The predicted octanol–water partition coefficient (Wildman–Crippen LogP) is 3.97. The molecule has 2 heterocycles. The Morgan fingerprint density at radius 2 is 2.06 bits per heavy atom. The Morgan fingerprint density at radius 1 is 1.29 bits per heavy atom. The minimum absolute atomic E-state index is 0.0322. The number of nitrogens with one attached hydrogen (secondary N) is 2. The number of carbonyl (C=O) groups is 1. The van der Waals surface area contributed by atoms with Crippen LogP contribution in [0.2, 0.25) is 5.02 Å². The second-order valence-corrected chi connectivity index (χ2v) is 8.90. The molecular formula is C22H23ClF4N4O4. The van der Waals surface area contributed by atoms with Gasteiger partial charge in [-0.05, 0) is 37.8 Å². The van der Waals surface area contributed by atoms with Gasteiger partial charge in [0.2, 0.25) is 11.8 Å². The van der Waals surface area contributed by atoms with Crippen molar-refractivity contribution < 1.29 is 36.2 Å². The third kappa shape index (κ3) is 6.71. The van der Waals surface area contributed by atoms with Gasteiger partial charge in [0.25, 0.3) is 5.91 Å². The Kier molecular flexibility index (Phi) is 7.62. The van der Waals surface area contributed by atoms with E-state index >= 15 is 0 Å². The van der Waals surface area contributed by atoms with Crippen molar-refractivity contribution in [1.29, 1.82) is 0 Å². The summed E-state index contributed by atoms with van der Waals surface area (Å²) in [6.07, 6.45) is -3.95. The summed E-state index contributed by atoms with van der Waals surface area (Å²) < 4.78 is 65.2. The third-order valence-corrected chi connectivity index (χ3v) is 6.23. The first-order valence-electron chi connectivity index (χ1n) is 10.9. The molecule has 0 bridgehead atoms. The van der Waals surface area contributed by atoms with E-state index in [1.165, 1.54) is 12.1 Å². The van der Waals surface area contributed by atoms with E-state index in [1.807, 2.05) is 0 Å². The van der Waals surface area contributed by atoms with E-state index in [9.17, 15) is 22.4 Å². The summed E-state index contributed by atoms with van der Waals surface area (Å²) in [4.78, 5) is 12.2. The summed E-state index contributed by atoms with van der Waals surface area (Å²) in [6, 6.07) is 3.62. The van der Waals surface area contributed by atoms with E-state index in [2.05, 4.69) is 32.1 Å². The highest BCUT2D eigenvalue weighted by Crippen LogP contribution is 2.41. The summed E-state index contributed by atoms with van der Waals surface area (Å²) in [7, 11) is 0. The number of piperidine rings is 1. The molecule has 1 saturated carbocycles. The van der Waals surface area contributed by atoms with Crippen LogP contribution < -0.4 is 15.4 Å². The maximum Gasteiger partial charge on any atom is 0.522 e. The quantitative estimate of drug-likeness (QED) is 0.510. The highest BCUT2D eigenvalue weighted by Gasteiger charge is 2.42. The molecule has 0 spiro atoms. The summed E-state index contributed by atoms with van der Waals surface area (Å²) in [5.74, 6) is -0.563. The van der Waals surface area contributed by atoms with Crippen molar-refractivity contribution in [2.45, 2.75) is 56.2 Å². The number of carbonyl (C=O) groups excluding carboxylic acids is 1. The molecule has 2 atom stereocenters. The summed E-state index contributed by atoms with van der Waals surface area (Å²) in [6.45, 7) is 4.21. The zero-order chi connectivity index (χ0) is 25.2. The molecule has 2 aromatic rings. The molecular weight excluding hydrogens is 496 g/mol. The summed E-state index contributed by atoms with van der Waals surface area (Å²) >= 11 is 5.62. The Bertz CT molecular complexity index is 1070. The molecule has 1 aliphatic heterocycles. The van der Waals surface area contributed by atoms with Gasteiger partial charge in [0, 0.05) is 36.2 Å². The monoisotopic (exact) mass is 518 g/mol. The molecule has 35 heavy (non-hydrogen) atoms. The highest BCUT2D eigenvalue weighted by molar-refractivity contribution is 6.30. The first-order chi connectivity index (χ1) is 16.6. The predicted molar refractivity (Wildman–Crippen MR) is 116 cm³/mol. The first kappa shape index (κ1) is 25.4. The van der Waals surface area contributed by atoms with Crippen LogP contribution in [0, 0.1) is 5.82 Å². The Morgan fingerprint density at radius 3 is 2.71 bits per heavy atom. The zero-order valence-corrected chi connectivity index (χ0v) is 19.2. The number of nitrogens with zero attached hydrogens (tertiary/aromatic N) is 2. The van der Waals surface area contributed by atoms with Crippen LogP contribution in [0.1, 0.15) is 43.4 Å². The van der Waals surface area contributed by atoms with Crippen LogP contribution >= 0.6 is 11.6 Å². The van der Waals surface area contributed by atoms with Crippen LogP contribution in [0.15, 0.2) is 29.2 Å². The van der Waals surface area contributed by atoms with Gasteiger partial charge in [0.15, 0.2) is 6.61 Å². The molecule has 2 fully saturated rings. The number of amides is 1. The molecule has 1 unspecified atom stereocenters. The number of halogens is 5. The lowest BCUT2D eigenvalue weighted by Crippen LogP contribution is -2.50. The molecule has 1 saturated heterocycles. The molecule has 190 valence electrons. The second-order valence-electron chi connectivity index (χ2n) is 8.49. The number of hydrogen-bond donors (Lipinski definition) is 2. The van der Waals surface area contributed by atoms with Crippen LogP contribution in [0.4, 0.5) is 17.6 Å². The van der Waals surface area contributed by atoms with Gasteiger partial charge in [-0.1, -0.05) is 18.2 Å². The number of hydrogen-bond acceptors (Lipinski definition) is 7. The maximum absolute atomic E-state index is 13.4. The largest absolute Gasteiger partial charge is 0.522 e. The Balaban J connectivity index is 1.19. The first-order valence-corrected chi connectivity index (χ1v) is 11.3. The van der Waals surface area contributed by atoms with E-state index in [0.29, 0.717) is 25.0 Å². The van der Waals surface area contributed by atoms with Crippen molar-refractivity contribution >= 4 is 23.1 Å². The van der Waals surface area contributed by atoms with E-state index in [0.717, 1.165) is 6.07 Å². The molecule has 1 amide bonds. The molecule has 13 heteroatoms. The van der Waals surface area contributed by atoms with Gasteiger partial charge in [0.05, 0.1) is 11.1 Å². The average Bonchev–Trinajstić information content (AvgIpc) is 3.26. The van der Waals surface area contributed by atoms with Crippen LogP contribution in [0.3, 0.4) is 0 Å². The highest BCUT2D eigenvalue weighted by atomic mass is 35.5. The van der Waals surface area contributed by atoms with Gasteiger partial charge in [0.1, 0.15) is 11.6 Å². The van der Waals surface area contributed by atoms with Gasteiger partial charge in [-0.2, -0.15) is 0 Å². The van der Waals surface area contributed by atoms with Crippen molar-refractivity contribution in [2.75, 3.05) is 13.2 Å². The SMILES string of the molecule is C=C(c1nnc(C2CC(OC(F)(F)F)C2)o1)C1CC[C@H](NC(=O)COc2ccc(Cl)c(F)c2)CN1. The molecule has 2 aliphatic rings. The van der Waals surface area contributed by atoms with Crippen LogP contribution in [-0.4, -0.2) is 53.8 Å². The van der Waals surface area contributed by atoms with Gasteiger partial charge in [-0.25, -0.2) is 4.39 Å². The van der Waals surface area contributed by atoms with Crippen molar-refractivity contribution in [3.05, 3.63) is 47.4 Å². The topological polar surface area (TPSA) is 98.5 Å². The van der Waals surface area contributed by atoms with Crippen LogP contribution in [-0.2, 0) is 9.53 Å². The molecule has 2 N–H and O–H groups in total. The average molecular weight is 519 g/mol. The van der Waals surface area contributed by atoms with E-state index in [4.69, 9.17) is 20.8 Å². The zero-order valence-electron chi connectivity index (χ0n) is 18.4.